The minimum atomic E-state index is -0.0693. The van der Waals surface area contributed by atoms with E-state index in [4.69, 9.17) is 5.10 Å². The summed E-state index contributed by atoms with van der Waals surface area (Å²) >= 11 is 1.60. The summed E-state index contributed by atoms with van der Waals surface area (Å²) in [5.41, 5.74) is 7.38. The average Bonchev–Trinajstić information content (AvgIpc) is 3.45. The molecule has 2 aromatic carbocycles. The van der Waals surface area contributed by atoms with Crippen molar-refractivity contribution in [3.63, 3.8) is 0 Å². The van der Waals surface area contributed by atoms with Gasteiger partial charge in [0.2, 0.25) is 5.91 Å². The van der Waals surface area contributed by atoms with Crippen molar-refractivity contribution < 1.29 is 4.79 Å². The first-order valence-electron chi connectivity index (χ1n) is 10.3. The molecule has 32 heavy (non-hydrogen) atoms. The van der Waals surface area contributed by atoms with Crippen LogP contribution < -0.4 is 5.32 Å². The van der Waals surface area contributed by atoms with Crippen LogP contribution in [0.2, 0.25) is 0 Å². The van der Waals surface area contributed by atoms with Gasteiger partial charge in [0, 0.05) is 17.8 Å². The molecule has 0 unspecified atom stereocenters. The molecular formula is C25H21N5OS. The monoisotopic (exact) mass is 439 g/mol. The van der Waals surface area contributed by atoms with Crippen LogP contribution >= 0.6 is 11.3 Å². The van der Waals surface area contributed by atoms with Crippen molar-refractivity contribution in [1.82, 2.24) is 25.1 Å². The Labute approximate surface area is 189 Å². The third-order valence-electron chi connectivity index (χ3n) is 5.15. The molecule has 6 nitrogen and oxygen atoms in total. The zero-order chi connectivity index (χ0) is 21.9. The van der Waals surface area contributed by atoms with Crippen LogP contribution in [0, 0.1) is 6.92 Å². The summed E-state index contributed by atoms with van der Waals surface area (Å²) in [6.07, 6.45) is 0.196. The Bertz CT molecular complexity index is 1390. The number of carbonyl (C=O) groups excluding carboxylic acids is 1. The highest BCUT2D eigenvalue weighted by atomic mass is 32.1. The topological polar surface area (TPSA) is 72.7 Å². The molecule has 1 amide bonds. The highest BCUT2D eigenvalue weighted by Crippen LogP contribution is 2.28. The maximum Gasteiger partial charge on any atom is 0.226 e. The third kappa shape index (κ3) is 4.29. The normalized spacial score (nSPS) is 11.0. The molecule has 0 aliphatic rings. The highest BCUT2D eigenvalue weighted by Gasteiger charge is 2.16. The molecule has 0 aliphatic heterocycles. The molecule has 5 rings (SSSR count). The lowest BCUT2D eigenvalue weighted by atomic mass is 10.1. The van der Waals surface area contributed by atoms with E-state index in [2.05, 4.69) is 21.4 Å². The van der Waals surface area contributed by atoms with E-state index >= 15 is 0 Å². The molecule has 0 fully saturated rings. The van der Waals surface area contributed by atoms with E-state index in [0.29, 0.717) is 12.2 Å². The van der Waals surface area contributed by atoms with Gasteiger partial charge in [-0.1, -0.05) is 42.5 Å². The molecular weight excluding hydrogens is 418 g/mol. The second-order valence-corrected chi connectivity index (χ2v) is 8.43. The first kappa shape index (κ1) is 20.1. The van der Waals surface area contributed by atoms with Crippen LogP contribution in [0.3, 0.4) is 0 Å². The van der Waals surface area contributed by atoms with Gasteiger partial charge >= 0.3 is 0 Å². The van der Waals surface area contributed by atoms with Crippen molar-refractivity contribution in [2.45, 2.75) is 19.9 Å². The van der Waals surface area contributed by atoms with E-state index in [-0.39, 0.29) is 12.3 Å². The number of aryl methyl sites for hydroxylation is 1. The summed E-state index contributed by atoms with van der Waals surface area (Å²) in [6.45, 7) is 2.45. The lowest BCUT2D eigenvalue weighted by Gasteiger charge is -2.07. The van der Waals surface area contributed by atoms with Gasteiger partial charge in [-0.2, -0.15) is 5.10 Å². The zero-order valence-corrected chi connectivity index (χ0v) is 18.3. The molecule has 0 aliphatic carbocycles. The fourth-order valence-electron chi connectivity index (χ4n) is 3.58. The summed E-state index contributed by atoms with van der Waals surface area (Å²) in [5, 5.41) is 7.72. The highest BCUT2D eigenvalue weighted by molar-refractivity contribution is 7.16. The molecule has 1 N–H and O–H groups in total. The van der Waals surface area contributed by atoms with Crippen molar-refractivity contribution in [2.24, 2.45) is 0 Å². The standard InChI is InChI=1S/C25H21N5OS/c1-17-6-5-9-24(28-17)30-22(19-10-11-21-23(12-19)32-16-27-21)13-20(29-30)14-25(31)26-15-18-7-3-2-4-8-18/h2-13,16H,14-15H2,1H3,(H,26,31). The summed E-state index contributed by atoms with van der Waals surface area (Å²) in [5.74, 6) is 0.653. The quantitative estimate of drug-likeness (QED) is 0.416. The Hall–Kier alpha value is -3.84. The van der Waals surface area contributed by atoms with Crippen molar-refractivity contribution in [3.8, 4) is 17.1 Å². The number of nitrogens with one attached hydrogen (secondary N) is 1. The molecule has 0 atom stereocenters. The maximum absolute atomic E-state index is 12.6. The predicted molar refractivity (Wildman–Crippen MR) is 127 cm³/mol. The van der Waals surface area contributed by atoms with Crippen LogP contribution in [0.15, 0.2) is 78.3 Å². The first-order chi connectivity index (χ1) is 15.7. The number of aromatic nitrogens is 4. The fraction of sp³-hybridized carbons (Fsp3) is 0.120. The Balaban J connectivity index is 1.46. The summed E-state index contributed by atoms with van der Waals surface area (Å²) in [7, 11) is 0. The number of hydrogen-bond donors (Lipinski definition) is 1. The number of fused-ring (bicyclic) bond motifs is 1. The number of pyridine rings is 1. The van der Waals surface area contributed by atoms with Crippen LogP contribution in [0.4, 0.5) is 0 Å². The van der Waals surface area contributed by atoms with E-state index in [1.54, 1.807) is 11.3 Å². The molecule has 0 spiro atoms. The van der Waals surface area contributed by atoms with Crippen LogP contribution in [0.25, 0.3) is 27.3 Å². The van der Waals surface area contributed by atoms with Gasteiger partial charge in [-0.25, -0.2) is 14.6 Å². The molecule has 158 valence electrons. The van der Waals surface area contributed by atoms with E-state index in [1.165, 1.54) is 0 Å². The van der Waals surface area contributed by atoms with Crippen molar-refractivity contribution >= 4 is 27.5 Å². The van der Waals surface area contributed by atoms with Crippen LogP contribution in [-0.2, 0) is 17.8 Å². The number of rotatable bonds is 6. The average molecular weight is 440 g/mol. The molecule has 3 heterocycles. The molecule has 0 saturated heterocycles. The number of nitrogens with zero attached hydrogens (tertiary/aromatic N) is 4. The summed E-state index contributed by atoms with van der Waals surface area (Å²) < 4.78 is 2.92. The van der Waals surface area contributed by atoms with Gasteiger partial charge in [0.1, 0.15) is 0 Å². The minimum absolute atomic E-state index is 0.0693. The molecule has 5 aromatic rings. The van der Waals surface area contributed by atoms with E-state index < -0.39 is 0 Å². The van der Waals surface area contributed by atoms with Crippen molar-refractivity contribution in [2.75, 3.05) is 0 Å². The molecule has 0 bridgehead atoms. The van der Waals surface area contributed by atoms with Gasteiger partial charge < -0.3 is 5.32 Å². The Morgan fingerprint density at radius 3 is 2.75 bits per heavy atom. The van der Waals surface area contributed by atoms with Gasteiger partial charge in [0.25, 0.3) is 0 Å². The largest absolute Gasteiger partial charge is 0.352 e. The van der Waals surface area contributed by atoms with E-state index in [9.17, 15) is 4.79 Å². The molecule has 0 radical (unpaired) electrons. The smallest absolute Gasteiger partial charge is 0.226 e. The Morgan fingerprint density at radius 1 is 1.03 bits per heavy atom. The second kappa shape index (κ2) is 8.72. The fourth-order valence-corrected chi connectivity index (χ4v) is 4.30. The van der Waals surface area contributed by atoms with Crippen LogP contribution in [0.5, 0.6) is 0 Å². The van der Waals surface area contributed by atoms with Gasteiger partial charge in [0.05, 0.1) is 33.5 Å². The van der Waals surface area contributed by atoms with Crippen molar-refractivity contribution in [3.05, 3.63) is 95.3 Å². The SMILES string of the molecule is Cc1cccc(-n2nc(CC(=O)NCc3ccccc3)cc2-c2ccc3ncsc3c2)n1. The minimum Gasteiger partial charge on any atom is -0.352 e. The lowest BCUT2D eigenvalue weighted by Crippen LogP contribution is -2.24. The number of amides is 1. The van der Waals surface area contributed by atoms with Gasteiger partial charge in [-0.15, -0.1) is 11.3 Å². The van der Waals surface area contributed by atoms with Gasteiger partial charge in [-0.05, 0) is 42.8 Å². The predicted octanol–water partition coefficient (Wildman–Crippen LogP) is 4.71. The third-order valence-corrected chi connectivity index (χ3v) is 5.94. The number of thiazole rings is 1. The van der Waals surface area contributed by atoms with Gasteiger partial charge in [-0.3, -0.25) is 4.79 Å². The summed E-state index contributed by atoms with van der Waals surface area (Å²) in [4.78, 5) is 21.6. The lowest BCUT2D eigenvalue weighted by molar-refractivity contribution is -0.120. The van der Waals surface area contributed by atoms with Crippen molar-refractivity contribution in [1.29, 1.82) is 0 Å². The molecule has 0 saturated carbocycles. The Morgan fingerprint density at radius 2 is 1.91 bits per heavy atom. The van der Waals surface area contributed by atoms with E-state index in [0.717, 1.165) is 38.5 Å². The molecule has 7 heteroatoms. The van der Waals surface area contributed by atoms with E-state index in [1.807, 2.05) is 83.8 Å². The number of hydrogen-bond acceptors (Lipinski definition) is 5. The van der Waals surface area contributed by atoms with Crippen LogP contribution in [-0.4, -0.2) is 25.7 Å². The number of benzene rings is 2. The zero-order valence-electron chi connectivity index (χ0n) is 17.5. The second-order valence-electron chi connectivity index (χ2n) is 7.54. The molecule has 3 aromatic heterocycles. The Kier molecular flexibility index (Phi) is 5.47. The van der Waals surface area contributed by atoms with Crippen LogP contribution in [0.1, 0.15) is 17.0 Å². The maximum atomic E-state index is 12.6. The summed E-state index contributed by atoms with van der Waals surface area (Å²) in [6, 6.07) is 23.8. The number of carbonyl (C=O) groups is 1. The first-order valence-corrected chi connectivity index (χ1v) is 11.2. The van der Waals surface area contributed by atoms with Gasteiger partial charge in [0.15, 0.2) is 5.82 Å².